The van der Waals surface area contributed by atoms with E-state index < -0.39 is 0 Å². The fourth-order valence-electron chi connectivity index (χ4n) is 0. The standard InChI is InChI=1S/C2H9NSSi/c1-3(4)5-2/h4H,5H2,1-2H3. The summed E-state index contributed by atoms with van der Waals surface area (Å²) in [5.41, 5.74) is 0. The zero-order valence-corrected chi connectivity index (χ0v) is 5.91. The van der Waals surface area contributed by atoms with E-state index in [4.69, 9.17) is 0 Å². The van der Waals surface area contributed by atoms with E-state index in [0.717, 1.165) is 0 Å². The average molecular weight is 107 g/mol. The summed E-state index contributed by atoms with van der Waals surface area (Å²) in [6.07, 6.45) is 0. The van der Waals surface area contributed by atoms with Crippen LogP contribution in [-0.2, 0) is 0 Å². The topological polar surface area (TPSA) is 3.24 Å². The van der Waals surface area contributed by atoms with Crippen molar-refractivity contribution in [1.82, 2.24) is 3.97 Å². The Morgan fingerprint density at radius 1 is 1.80 bits per heavy atom. The molecule has 32 valence electrons. The van der Waals surface area contributed by atoms with Crippen LogP contribution in [0.5, 0.6) is 0 Å². The van der Waals surface area contributed by atoms with Crippen molar-refractivity contribution in [2.45, 2.75) is 6.55 Å². The molecular formula is C2H9NSSi. The van der Waals surface area contributed by atoms with E-state index in [0.29, 0.717) is 0 Å². The second kappa shape index (κ2) is 2.75. The predicted octanol–water partition coefficient (Wildman–Crippen LogP) is -0.105. The van der Waals surface area contributed by atoms with Gasteiger partial charge in [0.05, 0.1) is 0 Å². The van der Waals surface area contributed by atoms with Crippen molar-refractivity contribution in [2.75, 3.05) is 7.05 Å². The second-order valence-corrected chi connectivity index (χ2v) is 3.77. The molecule has 0 aromatic carbocycles. The van der Waals surface area contributed by atoms with Crippen LogP contribution < -0.4 is 0 Å². The largest absolute Gasteiger partial charge is 0.284 e. The molecule has 0 unspecified atom stereocenters. The molecule has 0 aliphatic heterocycles. The zero-order valence-electron chi connectivity index (χ0n) is 3.60. The third-order valence-corrected chi connectivity index (χ3v) is 2.22. The lowest BCUT2D eigenvalue weighted by atomic mass is 11.6. The van der Waals surface area contributed by atoms with Gasteiger partial charge in [0, 0.05) is 0 Å². The van der Waals surface area contributed by atoms with Crippen LogP contribution in [0.1, 0.15) is 0 Å². The van der Waals surface area contributed by atoms with Gasteiger partial charge in [0.25, 0.3) is 0 Å². The molecule has 0 aromatic heterocycles. The third-order valence-electron chi connectivity index (χ3n) is 0.458. The molecule has 0 rings (SSSR count). The van der Waals surface area contributed by atoms with Crippen LogP contribution in [0, 0.1) is 0 Å². The first-order chi connectivity index (χ1) is 2.27. The summed E-state index contributed by atoms with van der Waals surface area (Å²) < 4.78 is 1.96. The lowest BCUT2D eigenvalue weighted by Crippen LogP contribution is -2.05. The molecular weight excluding hydrogens is 98.2 g/mol. The van der Waals surface area contributed by atoms with Crippen LogP contribution >= 0.6 is 12.8 Å². The number of hydrogen-bond donors (Lipinski definition) is 1. The molecule has 3 heteroatoms. The van der Waals surface area contributed by atoms with Crippen molar-refractivity contribution in [1.29, 1.82) is 0 Å². The number of hydrogen-bond acceptors (Lipinski definition) is 2. The van der Waals surface area contributed by atoms with Gasteiger partial charge in [-0.1, -0.05) is 6.55 Å². The highest BCUT2D eigenvalue weighted by atomic mass is 32.1. The van der Waals surface area contributed by atoms with Gasteiger partial charge in [-0.3, -0.25) is 3.97 Å². The molecule has 0 radical (unpaired) electrons. The minimum atomic E-state index is 0.0463. The van der Waals surface area contributed by atoms with Crippen LogP contribution in [0.25, 0.3) is 0 Å². The fraction of sp³-hybridized carbons (Fsp3) is 1.00. The highest BCUT2D eigenvalue weighted by Gasteiger charge is 1.75. The number of nitrogens with zero attached hydrogens (tertiary/aromatic N) is 1. The van der Waals surface area contributed by atoms with Crippen LogP contribution in [0.15, 0.2) is 0 Å². The fourth-order valence-corrected chi connectivity index (χ4v) is 0. The van der Waals surface area contributed by atoms with E-state index in [9.17, 15) is 0 Å². The van der Waals surface area contributed by atoms with Crippen LogP contribution in [0.2, 0.25) is 6.55 Å². The van der Waals surface area contributed by atoms with Crippen molar-refractivity contribution in [3.63, 3.8) is 0 Å². The number of thiol groups is 1. The molecule has 0 heterocycles. The van der Waals surface area contributed by atoms with E-state index in [1.165, 1.54) is 0 Å². The van der Waals surface area contributed by atoms with Gasteiger partial charge < -0.3 is 0 Å². The summed E-state index contributed by atoms with van der Waals surface area (Å²) in [6.45, 7) is 2.19. The Kier molecular flexibility index (Phi) is 3.04. The smallest absolute Gasteiger partial charge is 0.105 e. The Bertz CT molecular complexity index is 23.6. The van der Waals surface area contributed by atoms with Crippen molar-refractivity contribution < 1.29 is 0 Å². The minimum Gasteiger partial charge on any atom is -0.284 e. The molecule has 0 fully saturated rings. The SMILES string of the molecule is C[SiH2]N(C)S. The molecule has 0 spiro atoms. The van der Waals surface area contributed by atoms with Gasteiger partial charge in [-0.05, 0) is 7.05 Å². The molecule has 0 N–H and O–H groups in total. The van der Waals surface area contributed by atoms with E-state index in [-0.39, 0.29) is 9.68 Å². The van der Waals surface area contributed by atoms with Gasteiger partial charge in [-0.2, -0.15) is 0 Å². The quantitative estimate of drug-likeness (QED) is 0.361. The third kappa shape index (κ3) is 4.53. The summed E-state index contributed by atoms with van der Waals surface area (Å²) in [4.78, 5) is 0. The number of rotatable bonds is 1. The van der Waals surface area contributed by atoms with Crippen LogP contribution in [0.3, 0.4) is 0 Å². The molecule has 0 saturated heterocycles. The molecule has 0 aromatic rings. The summed E-state index contributed by atoms with van der Waals surface area (Å²) >= 11 is 3.99. The van der Waals surface area contributed by atoms with Crippen LogP contribution in [0.4, 0.5) is 0 Å². The maximum absolute atomic E-state index is 3.99. The zero-order chi connectivity index (χ0) is 4.28. The molecule has 0 bridgehead atoms. The van der Waals surface area contributed by atoms with Crippen LogP contribution in [-0.4, -0.2) is 20.7 Å². The monoisotopic (exact) mass is 107 g/mol. The normalized spacial score (nSPS) is 12.0. The summed E-state index contributed by atoms with van der Waals surface area (Å²) in [7, 11) is 2.03. The van der Waals surface area contributed by atoms with Gasteiger partial charge in [0.1, 0.15) is 9.68 Å². The minimum absolute atomic E-state index is 0.0463. The lowest BCUT2D eigenvalue weighted by molar-refractivity contribution is 0.913. The van der Waals surface area contributed by atoms with E-state index >= 15 is 0 Å². The maximum atomic E-state index is 3.99. The van der Waals surface area contributed by atoms with Gasteiger partial charge in [-0.25, -0.2) is 0 Å². The summed E-state index contributed by atoms with van der Waals surface area (Å²) in [6, 6.07) is 0. The first-order valence-electron chi connectivity index (χ1n) is 1.67. The van der Waals surface area contributed by atoms with Crippen molar-refractivity contribution in [2.24, 2.45) is 0 Å². The molecule has 0 amide bonds. The van der Waals surface area contributed by atoms with Gasteiger partial charge in [-0.15, -0.1) is 12.8 Å². The summed E-state index contributed by atoms with van der Waals surface area (Å²) in [5, 5.41) is 0. The molecule has 5 heavy (non-hydrogen) atoms. The average Bonchev–Trinajstić information content (AvgIpc) is 1.38. The van der Waals surface area contributed by atoms with Gasteiger partial charge >= 0.3 is 0 Å². The van der Waals surface area contributed by atoms with E-state index in [1.54, 1.807) is 0 Å². The van der Waals surface area contributed by atoms with Gasteiger partial charge in [0.2, 0.25) is 0 Å². The van der Waals surface area contributed by atoms with Crippen molar-refractivity contribution >= 4 is 22.5 Å². The Morgan fingerprint density at radius 2 is 2.00 bits per heavy atom. The Balaban J connectivity index is 2.54. The molecule has 0 saturated carbocycles. The highest BCUT2D eigenvalue weighted by Crippen LogP contribution is 1.76. The molecule has 0 aliphatic rings. The van der Waals surface area contributed by atoms with Crippen molar-refractivity contribution in [3.8, 4) is 0 Å². The first-order valence-corrected chi connectivity index (χ1v) is 4.12. The van der Waals surface area contributed by atoms with E-state index in [1.807, 2.05) is 11.0 Å². The van der Waals surface area contributed by atoms with Gasteiger partial charge in [0.15, 0.2) is 0 Å². The second-order valence-electron chi connectivity index (χ2n) is 0.974. The molecule has 0 aliphatic carbocycles. The molecule has 0 atom stereocenters. The predicted molar refractivity (Wildman–Crippen MR) is 31.2 cm³/mol. The highest BCUT2D eigenvalue weighted by molar-refractivity contribution is 7.78. The van der Waals surface area contributed by atoms with E-state index in [2.05, 4.69) is 19.4 Å². The van der Waals surface area contributed by atoms with Crippen molar-refractivity contribution in [3.05, 3.63) is 0 Å². The summed E-state index contributed by atoms with van der Waals surface area (Å²) in [5.74, 6) is 0. The lowest BCUT2D eigenvalue weighted by Gasteiger charge is -1.97. The Hall–Kier alpha value is 0.527. The Labute approximate surface area is 40.8 Å². The molecule has 1 nitrogen and oxygen atoms in total. The maximum Gasteiger partial charge on any atom is 0.105 e. The Morgan fingerprint density at radius 3 is 2.00 bits per heavy atom. The first kappa shape index (κ1) is 5.53.